The van der Waals surface area contributed by atoms with Gasteiger partial charge in [0.2, 0.25) is 29.6 Å². The molecule has 4 heterocycles. The highest BCUT2D eigenvalue weighted by Gasteiger charge is 2.42. The minimum atomic E-state index is -1.40. The summed E-state index contributed by atoms with van der Waals surface area (Å²) in [4.78, 5) is 102. The Morgan fingerprint density at radius 2 is 1.70 bits per heavy atom. The summed E-state index contributed by atoms with van der Waals surface area (Å²) in [5.74, 6) is -1.57. The molecule has 0 aliphatic carbocycles. The molecule has 4 atom stereocenters. The SMILES string of the molecule is CCC(C)[C@H](NC(=O)c1ccc(C)c(N2Cc3cnc(Nc4ccc(C)nc4)nc3N(C)C2=O)c1)C(=O)N1CCC[C@H]1C(=O)NC(C)(C)C(=O)N[C@@H](CC(C)C)C(=O)N(C)C. The lowest BCUT2D eigenvalue weighted by atomic mass is 9.96. The topological polar surface area (TPSA) is 202 Å². The van der Waals surface area contributed by atoms with E-state index < -0.39 is 47.3 Å². The van der Waals surface area contributed by atoms with Crippen LogP contribution in [0.4, 0.5) is 27.9 Å². The second kappa shape index (κ2) is 19.1. The fraction of sp³-hybridized carbons (Fsp3) is 0.523. The Morgan fingerprint density at radius 3 is 2.34 bits per heavy atom. The highest BCUT2D eigenvalue weighted by atomic mass is 16.2. The average Bonchev–Trinajstić information content (AvgIpc) is 3.72. The Balaban J connectivity index is 1.30. The van der Waals surface area contributed by atoms with Gasteiger partial charge < -0.3 is 31.1 Å². The lowest BCUT2D eigenvalue weighted by Gasteiger charge is -2.35. The highest BCUT2D eigenvalue weighted by molar-refractivity contribution is 6.07. The zero-order valence-electron chi connectivity index (χ0n) is 37.3. The predicted molar refractivity (Wildman–Crippen MR) is 233 cm³/mol. The Bertz CT molecular complexity index is 2140. The van der Waals surface area contributed by atoms with E-state index >= 15 is 0 Å². The number of carbonyl (C=O) groups excluding carboxylic acids is 6. The van der Waals surface area contributed by atoms with Crippen molar-refractivity contribution in [2.24, 2.45) is 11.8 Å². The van der Waals surface area contributed by atoms with E-state index in [1.807, 2.05) is 53.7 Å². The molecule has 0 radical (unpaired) electrons. The van der Waals surface area contributed by atoms with Gasteiger partial charge in [-0.25, -0.2) is 9.78 Å². The van der Waals surface area contributed by atoms with Crippen LogP contribution < -0.4 is 31.1 Å². The maximum Gasteiger partial charge on any atom is 0.330 e. The molecule has 1 unspecified atom stereocenters. The van der Waals surface area contributed by atoms with E-state index in [0.29, 0.717) is 60.9 Å². The van der Waals surface area contributed by atoms with E-state index in [1.54, 1.807) is 70.5 Å². The number of aromatic nitrogens is 3. The van der Waals surface area contributed by atoms with E-state index in [9.17, 15) is 28.8 Å². The quantitative estimate of drug-likeness (QED) is 0.169. The summed E-state index contributed by atoms with van der Waals surface area (Å²) in [5.41, 5.74) is 2.40. The van der Waals surface area contributed by atoms with Gasteiger partial charge in [0, 0.05) is 56.4 Å². The molecule has 328 valence electrons. The largest absolute Gasteiger partial charge is 0.347 e. The van der Waals surface area contributed by atoms with Crippen LogP contribution in [0.1, 0.15) is 94.4 Å². The van der Waals surface area contributed by atoms with Crippen molar-refractivity contribution in [2.45, 2.75) is 111 Å². The Labute approximate surface area is 358 Å². The zero-order valence-corrected chi connectivity index (χ0v) is 37.3. The highest BCUT2D eigenvalue weighted by Crippen LogP contribution is 2.33. The van der Waals surface area contributed by atoms with Crippen LogP contribution in [0.2, 0.25) is 0 Å². The van der Waals surface area contributed by atoms with Gasteiger partial charge in [0.25, 0.3) is 5.91 Å². The Hall–Kier alpha value is -6.13. The maximum atomic E-state index is 14.4. The van der Waals surface area contributed by atoms with Gasteiger partial charge in [-0.05, 0) is 88.6 Å². The van der Waals surface area contributed by atoms with E-state index in [4.69, 9.17) is 0 Å². The van der Waals surface area contributed by atoms with Crippen LogP contribution in [0.3, 0.4) is 0 Å². The summed E-state index contributed by atoms with van der Waals surface area (Å²) in [6, 6.07) is 5.83. The van der Waals surface area contributed by atoms with Crippen LogP contribution in [-0.2, 0) is 25.7 Å². The standard InChI is InChI=1S/C44H61N11O6/c1-12-26(4)35(40(59)54-19-13-14-33(54)38(57)51-44(7,8)41(60)48-32(20-25(2)3)39(58)52(9)10)49-37(56)29-17-15-27(5)34(21-29)55-24-30-22-46-42(50-36(30)53(11)43(55)61)47-31-18-16-28(6)45-23-31/h15-18,21-23,25-26,32-33,35H,12-14,19-20,24H2,1-11H3,(H,48,60)(H,49,56)(H,51,57)(H,46,47,50)/t26?,32-,33-,35-/m0/s1. The number of rotatable bonds is 15. The third-order valence-electron chi connectivity index (χ3n) is 11.3. The van der Waals surface area contributed by atoms with Gasteiger partial charge in [0.1, 0.15) is 29.5 Å². The molecule has 5 rings (SSSR count). The number of likely N-dealkylation sites (N-methyl/N-ethyl adjacent to an activating group) is 1. The first-order chi connectivity index (χ1) is 28.7. The molecular weight excluding hydrogens is 779 g/mol. The summed E-state index contributed by atoms with van der Waals surface area (Å²) in [7, 11) is 4.88. The molecule has 2 aromatic heterocycles. The summed E-state index contributed by atoms with van der Waals surface area (Å²) in [6.07, 6.45) is 5.26. The van der Waals surface area contributed by atoms with Gasteiger partial charge in [-0.1, -0.05) is 40.2 Å². The molecule has 1 fully saturated rings. The van der Waals surface area contributed by atoms with Crippen molar-refractivity contribution in [3.05, 3.63) is 65.1 Å². The first-order valence-corrected chi connectivity index (χ1v) is 20.9. The van der Waals surface area contributed by atoms with Gasteiger partial charge in [0.05, 0.1) is 18.4 Å². The van der Waals surface area contributed by atoms with Crippen molar-refractivity contribution < 1.29 is 28.8 Å². The van der Waals surface area contributed by atoms with Crippen molar-refractivity contribution in [1.29, 1.82) is 0 Å². The number of amides is 7. The molecule has 0 spiro atoms. The molecule has 7 amide bonds. The van der Waals surface area contributed by atoms with Gasteiger partial charge in [-0.2, -0.15) is 4.98 Å². The first kappa shape index (κ1) is 45.9. The maximum absolute atomic E-state index is 14.4. The zero-order chi connectivity index (χ0) is 44.9. The Morgan fingerprint density at radius 1 is 0.984 bits per heavy atom. The lowest BCUT2D eigenvalue weighted by molar-refractivity contribution is -0.143. The normalized spacial score (nSPS) is 16.7. The molecule has 1 saturated heterocycles. The van der Waals surface area contributed by atoms with E-state index in [1.165, 1.54) is 14.7 Å². The second-order valence-electron chi connectivity index (χ2n) is 17.3. The van der Waals surface area contributed by atoms with Crippen LogP contribution >= 0.6 is 0 Å². The van der Waals surface area contributed by atoms with Crippen LogP contribution in [0.15, 0.2) is 42.7 Å². The van der Waals surface area contributed by atoms with Gasteiger partial charge in [-0.15, -0.1) is 0 Å². The number of nitrogens with zero attached hydrogens (tertiary/aromatic N) is 7. The number of anilines is 4. The summed E-state index contributed by atoms with van der Waals surface area (Å²) in [5, 5.41) is 11.7. The lowest BCUT2D eigenvalue weighted by Crippen LogP contribution is -2.62. The molecule has 61 heavy (non-hydrogen) atoms. The average molecular weight is 840 g/mol. The number of fused-ring (bicyclic) bond motifs is 1. The smallest absolute Gasteiger partial charge is 0.330 e. The van der Waals surface area contributed by atoms with Crippen LogP contribution in [0.5, 0.6) is 0 Å². The second-order valence-corrected chi connectivity index (χ2v) is 17.3. The molecule has 17 nitrogen and oxygen atoms in total. The summed E-state index contributed by atoms with van der Waals surface area (Å²) < 4.78 is 0. The summed E-state index contributed by atoms with van der Waals surface area (Å²) in [6.45, 7) is 15.0. The van der Waals surface area contributed by atoms with Crippen molar-refractivity contribution in [3.8, 4) is 0 Å². The predicted octanol–water partition coefficient (Wildman–Crippen LogP) is 4.46. The molecule has 3 aromatic rings. The van der Waals surface area contributed by atoms with Crippen LogP contribution in [0.25, 0.3) is 0 Å². The van der Waals surface area contributed by atoms with Crippen molar-refractivity contribution in [1.82, 2.24) is 40.7 Å². The number of benzene rings is 1. The van der Waals surface area contributed by atoms with Gasteiger partial charge in [0.15, 0.2) is 0 Å². The van der Waals surface area contributed by atoms with E-state index in [-0.39, 0.29) is 35.9 Å². The molecule has 0 saturated carbocycles. The van der Waals surface area contributed by atoms with Crippen LogP contribution in [0, 0.1) is 25.7 Å². The van der Waals surface area contributed by atoms with Gasteiger partial charge in [-0.3, -0.25) is 38.8 Å². The number of likely N-dealkylation sites (tertiary alicyclic amines) is 1. The number of carbonyl (C=O) groups is 6. The Kier molecular flexibility index (Phi) is 14.4. The number of nitrogens with one attached hydrogen (secondary N) is 4. The molecule has 17 heteroatoms. The molecule has 2 aliphatic rings. The molecule has 2 aliphatic heterocycles. The van der Waals surface area contributed by atoms with Gasteiger partial charge >= 0.3 is 6.03 Å². The monoisotopic (exact) mass is 839 g/mol. The minimum absolute atomic E-state index is 0.132. The molecule has 1 aromatic carbocycles. The minimum Gasteiger partial charge on any atom is -0.347 e. The first-order valence-electron chi connectivity index (χ1n) is 20.9. The number of pyridine rings is 1. The van der Waals surface area contributed by atoms with E-state index in [0.717, 1.165) is 11.3 Å². The van der Waals surface area contributed by atoms with E-state index in [2.05, 4.69) is 36.2 Å². The third-order valence-corrected chi connectivity index (χ3v) is 11.3. The molecule has 4 N–H and O–H groups in total. The number of hydrogen-bond acceptors (Lipinski definition) is 10. The fourth-order valence-electron chi connectivity index (χ4n) is 7.45. The molecular formula is C44H61N11O6. The third kappa shape index (κ3) is 10.6. The fourth-order valence-corrected chi connectivity index (χ4v) is 7.45. The summed E-state index contributed by atoms with van der Waals surface area (Å²) >= 11 is 0. The number of urea groups is 1. The van der Waals surface area contributed by atoms with Crippen molar-refractivity contribution in [2.75, 3.05) is 42.8 Å². The van der Waals surface area contributed by atoms with Crippen molar-refractivity contribution >= 4 is 58.7 Å². The number of aryl methyl sites for hydroxylation is 2. The number of hydrogen-bond donors (Lipinski definition) is 4. The van der Waals surface area contributed by atoms with Crippen LogP contribution in [-0.4, -0.2) is 112 Å². The molecule has 0 bridgehead atoms. The van der Waals surface area contributed by atoms with Crippen molar-refractivity contribution in [3.63, 3.8) is 0 Å².